The highest BCUT2D eigenvalue weighted by atomic mass is 32.2. The Kier molecular flexibility index (Phi) is 6.32. The Morgan fingerprint density at radius 3 is 2.41 bits per heavy atom. The van der Waals surface area contributed by atoms with E-state index in [9.17, 15) is 8.42 Å². The third-order valence-electron chi connectivity index (χ3n) is 5.94. The van der Waals surface area contributed by atoms with Crippen LogP contribution in [0.25, 0.3) is 22.2 Å². The van der Waals surface area contributed by atoms with Crippen molar-refractivity contribution < 1.29 is 17.7 Å². The van der Waals surface area contributed by atoms with Crippen LogP contribution in [0.4, 0.5) is 0 Å². The van der Waals surface area contributed by atoms with Gasteiger partial charge in [-0.1, -0.05) is 35.5 Å². The zero-order valence-corrected chi connectivity index (χ0v) is 19.7. The minimum atomic E-state index is -3.54. The lowest BCUT2D eigenvalue weighted by atomic mass is 10.1. The fourth-order valence-corrected chi connectivity index (χ4v) is 5.56. The maximum absolute atomic E-state index is 13.2. The number of nitrogens with zero attached hydrogens (tertiary/aromatic N) is 4. The van der Waals surface area contributed by atoms with Crippen molar-refractivity contribution in [1.29, 1.82) is 0 Å². The Bertz CT molecular complexity index is 1380. The van der Waals surface area contributed by atoms with Gasteiger partial charge in [-0.25, -0.2) is 8.42 Å². The molecule has 0 bridgehead atoms. The van der Waals surface area contributed by atoms with E-state index in [1.807, 2.05) is 61.5 Å². The molecule has 5 rings (SSSR count). The molecule has 1 aliphatic rings. The number of aromatic nitrogens is 2. The highest BCUT2D eigenvalue weighted by Gasteiger charge is 2.29. The van der Waals surface area contributed by atoms with E-state index in [2.05, 4.69) is 15.0 Å². The summed E-state index contributed by atoms with van der Waals surface area (Å²) >= 11 is 0. The van der Waals surface area contributed by atoms with Crippen molar-refractivity contribution >= 4 is 20.8 Å². The number of fused-ring (bicyclic) bond motifs is 1. The normalized spacial score (nSPS) is 15.6. The monoisotopic (exact) mass is 478 g/mol. The summed E-state index contributed by atoms with van der Waals surface area (Å²) < 4.78 is 38.8. The zero-order valence-electron chi connectivity index (χ0n) is 18.9. The highest BCUT2D eigenvalue weighted by molar-refractivity contribution is 7.89. The molecule has 0 unspecified atom stereocenters. The minimum absolute atomic E-state index is 0.330. The van der Waals surface area contributed by atoms with E-state index in [4.69, 9.17) is 9.26 Å². The summed E-state index contributed by atoms with van der Waals surface area (Å²) in [6, 6.07) is 20.6. The SMILES string of the molecule is CCOc1ccc(-c2noc(CN3CCN(S(=O)(=O)c4ccc5ccccc5c4)CC3)n2)cc1. The van der Waals surface area contributed by atoms with E-state index >= 15 is 0 Å². The molecule has 34 heavy (non-hydrogen) atoms. The highest BCUT2D eigenvalue weighted by Crippen LogP contribution is 2.24. The molecule has 9 heteroatoms. The summed E-state index contributed by atoms with van der Waals surface area (Å²) in [4.78, 5) is 6.96. The molecule has 2 heterocycles. The molecule has 0 radical (unpaired) electrons. The molecule has 176 valence electrons. The number of rotatable bonds is 7. The molecule has 1 aliphatic heterocycles. The van der Waals surface area contributed by atoms with E-state index in [1.165, 1.54) is 0 Å². The summed E-state index contributed by atoms with van der Waals surface area (Å²) in [5.41, 5.74) is 0.852. The molecule has 1 fully saturated rings. The van der Waals surface area contributed by atoms with Crippen molar-refractivity contribution in [2.24, 2.45) is 0 Å². The first-order valence-electron chi connectivity index (χ1n) is 11.3. The molecule has 0 spiro atoms. The molecule has 0 atom stereocenters. The minimum Gasteiger partial charge on any atom is -0.494 e. The quantitative estimate of drug-likeness (QED) is 0.399. The molecule has 0 N–H and O–H groups in total. The lowest BCUT2D eigenvalue weighted by Crippen LogP contribution is -2.48. The Morgan fingerprint density at radius 1 is 0.941 bits per heavy atom. The van der Waals surface area contributed by atoms with Crippen LogP contribution in [-0.2, 0) is 16.6 Å². The summed E-state index contributed by atoms with van der Waals surface area (Å²) in [5, 5.41) is 6.03. The Balaban J connectivity index is 1.21. The summed E-state index contributed by atoms with van der Waals surface area (Å²) in [6.45, 7) is 5.04. The topological polar surface area (TPSA) is 88.8 Å². The average Bonchev–Trinajstić information content (AvgIpc) is 3.33. The Morgan fingerprint density at radius 2 is 1.68 bits per heavy atom. The maximum atomic E-state index is 13.2. The van der Waals surface area contributed by atoms with E-state index in [-0.39, 0.29) is 0 Å². The first kappa shape index (κ1) is 22.5. The van der Waals surface area contributed by atoms with Gasteiger partial charge in [-0.3, -0.25) is 4.90 Å². The number of benzene rings is 3. The van der Waals surface area contributed by atoms with E-state index in [1.54, 1.807) is 16.4 Å². The zero-order chi connectivity index (χ0) is 23.5. The van der Waals surface area contributed by atoms with Gasteiger partial charge in [0.15, 0.2) is 0 Å². The van der Waals surface area contributed by atoms with Crippen molar-refractivity contribution in [3.63, 3.8) is 0 Å². The van der Waals surface area contributed by atoms with Crippen LogP contribution in [0.5, 0.6) is 5.75 Å². The van der Waals surface area contributed by atoms with Gasteiger partial charge in [-0.2, -0.15) is 9.29 Å². The summed E-state index contributed by atoms with van der Waals surface area (Å²) in [6.07, 6.45) is 0. The number of hydrogen-bond donors (Lipinski definition) is 0. The van der Waals surface area contributed by atoms with E-state index in [0.29, 0.717) is 55.9 Å². The molecular weight excluding hydrogens is 452 g/mol. The van der Waals surface area contributed by atoms with E-state index < -0.39 is 10.0 Å². The smallest absolute Gasteiger partial charge is 0.243 e. The van der Waals surface area contributed by atoms with Gasteiger partial charge in [0, 0.05) is 31.7 Å². The second-order valence-electron chi connectivity index (χ2n) is 8.16. The average molecular weight is 479 g/mol. The molecule has 3 aromatic carbocycles. The van der Waals surface area contributed by atoms with Crippen LogP contribution in [0.2, 0.25) is 0 Å². The predicted molar refractivity (Wildman–Crippen MR) is 129 cm³/mol. The predicted octanol–water partition coefficient (Wildman–Crippen LogP) is 3.80. The maximum Gasteiger partial charge on any atom is 0.243 e. The van der Waals surface area contributed by atoms with Crippen molar-refractivity contribution in [2.45, 2.75) is 18.4 Å². The van der Waals surface area contributed by atoms with Crippen molar-refractivity contribution in [3.05, 3.63) is 72.6 Å². The van der Waals surface area contributed by atoms with Crippen LogP contribution in [0.1, 0.15) is 12.8 Å². The summed E-state index contributed by atoms with van der Waals surface area (Å²) in [5.74, 6) is 1.83. The number of piperazine rings is 1. The largest absolute Gasteiger partial charge is 0.494 e. The Labute approximate surface area is 198 Å². The number of ether oxygens (including phenoxy) is 1. The molecule has 1 aromatic heterocycles. The fraction of sp³-hybridized carbons (Fsp3) is 0.280. The molecular formula is C25H26N4O4S. The van der Waals surface area contributed by atoms with Crippen LogP contribution in [0.15, 0.2) is 76.1 Å². The van der Waals surface area contributed by atoms with Gasteiger partial charge in [0.2, 0.25) is 21.7 Å². The van der Waals surface area contributed by atoms with Gasteiger partial charge >= 0.3 is 0 Å². The molecule has 1 saturated heterocycles. The van der Waals surface area contributed by atoms with Crippen LogP contribution in [-0.4, -0.2) is 60.5 Å². The van der Waals surface area contributed by atoms with Crippen molar-refractivity contribution in [1.82, 2.24) is 19.3 Å². The van der Waals surface area contributed by atoms with Gasteiger partial charge in [0.05, 0.1) is 18.0 Å². The molecule has 0 amide bonds. The lowest BCUT2D eigenvalue weighted by Gasteiger charge is -2.33. The van der Waals surface area contributed by atoms with Crippen LogP contribution in [0, 0.1) is 0 Å². The molecule has 4 aromatic rings. The first-order chi connectivity index (χ1) is 16.5. The van der Waals surface area contributed by atoms with Crippen molar-refractivity contribution in [3.8, 4) is 17.1 Å². The van der Waals surface area contributed by atoms with Gasteiger partial charge in [0.25, 0.3) is 0 Å². The number of hydrogen-bond acceptors (Lipinski definition) is 7. The van der Waals surface area contributed by atoms with Crippen molar-refractivity contribution in [2.75, 3.05) is 32.8 Å². The first-order valence-corrected chi connectivity index (χ1v) is 12.7. The van der Waals surface area contributed by atoms with Gasteiger partial charge in [-0.15, -0.1) is 0 Å². The second kappa shape index (κ2) is 9.54. The van der Waals surface area contributed by atoms with Gasteiger partial charge in [-0.05, 0) is 54.1 Å². The van der Waals surface area contributed by atoms with E-state index in [0.717, 1.165) is 22.1 Å². The lowest BCUT2D eigenvalue weighted by molar-refractivity contribution is 0.163. The fourth-order valence-electron chi connectivity index (χ4n) is 4.10. The van der Waals surface area contributed by atoms with Gasteiger partial charge < -0.3 is 9.26 Å². The molecule has 8 nitrogen and oxygen atoms in total. The Hall–Kier alpha value is -3.27. The molecule has 0 aliphatic carbocycles. The van der Waals surface area contributed by atoms with Crippen LogP contribution < -0.4 is 4.74 Å². The standard InChI is InChI=1S/C25H26N4O4S/c1-2-32-22-10-7-20(8-11-22)25-26-24(33-27-25)18-28-13-15-29(16-14-28)34(30,31)23-12-9-19-5-3-4-6-21(19)17-23/h3-12,17H,2,13-16,18H2,1H3. The second-order valence-corrected chi connectivity index (χ2v) is 10.1. The summed E-state index contributed by atoms with van der Waals surface area (Å²) in [7, 11) is -3.54. The van der Waals surface area contributed by atoms with Gasteiger partial charge in [0.1, 0.15) is 5.75 Å². The van der Waals surface area contributed by atoms with Crippen LogP contribution >= 0.6 is 0 Å². The third-order valence-corrected chi connectivity index (χ3v) is 7.84. The van der Waals surface area contributed by atoms with Crippen LogP contribution in [0.3, 0.4) is 0 Å². The molecule has 0 saturated carbocycles. The third kappa shape index (κ3) is 4.68. The number of sulfonamides is 1.